The van der Waals surface area contributed by atoms with Gasteiger partial charge in [0.25, 0.3) is 0 Å². The van der Waals surface area contributed by atoms with E-state index in [0.29, 0.717) is 5.92 Å². The summed E-state index contributed by atoms with van der Waals surface area (Å²) in [6.45, 7) is 7.21. The molecule has 106 valence electrons. The van der Waals surface area contributed by atoms with Crippen LogP contribution in [0.4, 0.5) is 0 Å². The molecule has 1 fully saturated rings. The molecule has 0 amide bonds. The molecule has 1 saturated heterocycles. The van der Waals surface area contributed by atoms with E-state index in [1.165, 1.54) is 11.1 Å². The van der Waals surface area contributed by atoms with Gasteiger partial charge in [-0.3, -0.25) is 0 Å². The molecule has 0 saturated carbocycles. The topological polar surface area (TPSA) is 49.5 Å². The van der Waals surface area contributed by atoms with Gasteiger partial charge < -0.3 is 15.7 Å². The van der Waals surface area contributed by atoms with Gasteiger partial charge in [0.05, 0.1) is 6.10 Å². The molecule has 0 aliphatic carbocycles. The Morgan fingerprint density at radius 3 is 2.68 bits per heavy atom. The van der Waals surface area contributed by atoms with Crippen molar-refractivity contribution in [1.29, 1.82) is 0 Å². The largest absolute Gasteiger partial charge is 0.393 e. The van der Waals surface area contributed by atoms with Crippen LogP contribution in [0.3, 0.4) is 0 Å². The lowest BCUT2D eigenvalue weighted by Crippen LogP contribution is -2.42. The summed E-state index contributed by atoms with van der Waals surface area (Å²) in [5.41, 5.74) is 8.74. The molecule has 0 aromatic heterocycles. The fourth-order valence-corrected chi connectivity index (χ4v) is 2.72. The van der Waals surface area contributed by atoms with Crippen LogP contribution in [0, 0.1) is 12.8 Å². The molecule has 3 nitrogen and oxygen atoms in total. The highest BCUT2D eigenvalue weighted by molar-refractivity contribution is 5.23. The molecule has 19 heavy (non-hydrogen) atoms. The number of nitrogens with two attached hydrogens (primary N) is 1. The molecular weight excluding hydrogens is 236 g/mol. The second-order valence-electron chi connectivity index (χ2n) is 5.94. The van der Waals surface area contributed by atoms with Crippen molar-refractivity contribution in [2.24, 2.45) is 11.7 Å². The molecule has 2 rings (SSSR count). The zero-order chi connectivity index (χ0) is 13.8. The van der Waals surface area contributed by atoms with E-state index in [1.54, 1.807) is 0 Å². The van der Waals surface area contributed by atoms with Crippen LogP contribution in [0.5, 0.6) is 0 Å². The van der Waals surface area contributed by atoms with E-state index in [4.69, 9.17) is 5.73 Å². The van der Waals surface area contributed by atoms with Gasteiger partial charge in [-0.05, 0) is 37.8 Å². The quantitative estimate of drug-likeness (QED) is 0.873. The van der Waals surface area contributed by atoms with Crippen molar-refractivity contribution in [2.75, 3.05) is 19.6 Å². The van der Waals surface area contributed by atoms with Crippen molar-refractivity contribution in [3.8, 4) is 0 Å². The van der Waals surface area contributed by atoms with Gasteiger partial charge in [-0.25, -0.2) is 0 Å². The van der Waals surface area contributed by atoms with Gasteiger partial charge in [-0.2, -0.15) is 0 Å². The maximum atomic E-state index is 9.73. The van der Waals surface area contributed by atoms with E-state index in [2.05, 4.69) is 43.0 Å². The van der Waals surface area contributed by atoms with Crippen molar-refractivity contribution in [2.45, 2.75) is 38.8 Å². The Bertz CT molecular complexity index is 390. The van der Waals surface area contributed by atoms with Crippen LogP contribution in [0.25, 0.3) is 0 Å². The minimum Gasteiger partial charge on any atom is -0.393 e. The molecule has 1 heterocycles. The third-order valence-electron chi connectivity index (χ3n) is 4.21. The predicted molar refractivity (Wildman–Crippen MR) is 79.0 cm³/mol. The average Bonchev–Trinajstić information content (AvgIpc) is 2.40. The highest BCUT2D eigenvalue weighted by Crippen LogP contribution is 2.19. The molecule has 0 bridgehead atoms. The summed E-state index contributed by atoms with van der Waals surface area (Å²) in [6, 6.07) is 8.61. The van der Waals surface area contributed by atoms with Gasteiger partial charge in [-0.1, -0.05) is 36.8 Å². The molecule has 3 N–H and O–H groups in total. The van der Waals surface area contributed by atoms with Crippen molar-refractivity contribution in [3.05, 3.63) is 35.4 Å². The van der Waals surface area contributed by atoms with Crippen molar-refractivity contribution >= 4 is 0 Å². The number of hydrogen-bond acceptors (Lipinski definition) is 3. The molecule has 0 spiro atoms. The van der Waals surface area contributed by atoms with Crippen molar-refractivity contribution in [3.63, 3.8) is 0 Å². The Kier molecular flexibility index (Phi) is 4.97. The number of nitrogens with zero attached hydrogens (tertiary/aromatic N) is 1. The number of aliphatic hydroxyl groups excluding tert-OH is 1. The minimum atomic E-state index is -0.123. The Morgan fingerprint density at radius 1 is 1.37 bits per heavy atom. The van der Waals surface area contributed by atoms with Gasteiger partial charge in [0.2, 0.25) is 0 Å². The highest BCUT2D eigenvalue weighted by atomic mass is 16.3. The molecule has 3 atom stereocenters. The van der Waals surface area contributed by atoms with E-state index in [1.807, 2.05) is 0 Å². The molecule has 1 aromatic carbocycles. The summed E-state index contributed by atoms with van der Waals surface area (Å²) in [4.78, 5) is 2.42. The number of aliphatic hydroxyl groups is 1. The Morgan fingerprint density at radius 2 is 2.05 bits per heavy atom. The third-order valence-corrected chi connectivity index (χ3v) is 4.21. The van der Waals surface area contributed by atoms with Crippen molar-refractivity contribution < 1.29 is 5.11 Å². The summed E-state index contributed by atoms with van der Waals surface area (Å²) in [5, 5.41) is 9.73. The Hall–Kier alpha value is -0.900. The number of aryl methyl sites for hydroxylation is 1. The monoisotopic (exact) mass is 262 g/mol. The van der Waals surface area contributed by atoms with E-state index in [0.717, 1.165) is 32.5 Å². The molecule has 1 aromatic rings. The molecule has 0 radical (unpaired) electrons. The molecule has 1 aliphatic heterocycles. The smallest absolute Gasteiger partial charge is 0.0590 e. The first-order chi connectivity index (χ1) is 9.06. The zero-order valence-electron chi connectivity index (χ0n) is 12.0. The van der Waals surface area contributed by atoms with Crippen LogP contribution >= 0.6 is 0 Å². The first-order valence-electron chi connectivity index (χ1n) is 7.29. The number of rotatable bonds is 4. The van der Waals surface area contributed by atoms with Gasteiger partial charge in [0.15, 0.2) is 0 Å². The molecule has 3 unspecified atom stereocenters. The first kappa shape index (κ1) is 14.5. The summed E-state index contributed by atoms with van der Waals surface area (Å²) >= 11 is 0. The third kappa shape index (κ3) is 4.03. The fraction of sp³-hybridized carbons (Fsp3) is 0.625. The normalized spacial score (nSPS) is 26.3. The Labute approximate surface area is 116 Å². The maximum absolute atomic E-state index is 9.73. The lowest BCUT2D eigenvalue weighted by Gasteiger charge is -2.34. The molecule has 3 heteroatoms. The number of benzene rings is 1. The molecular formula is C16H26N2O. The summed E-state index contributed by atoms with van der Waals surface area (Å²) in [5.74, 6) is 0.379. The first-order valence-corrected chi connectivity index (χ1v) is 7.29. The lowest BCUT2D eigenvalue weighted by atomic mass is 9.96. The van der Waals surface area contributed by atoms with Crippen LogP contribution in [0.1, 0.15) is 36.9 Å². The van der Waals surface area contributed by atoms with Crippen LogP contribution in [0.15, 0.2) is 24.3 Å². The second kappa shape index (κ2) is 6.51. The summed E-state index contributed by atoms with van der Waals surface area (Å²) in [7, 11) is 0. The van der Waals surface area contributed by atoms with E-state index < -0.39 is 0 Å². The van der Waals surface area contributed by atoms with E-state index >= 15 is 0 Å². The van der Waals surface area contributed by atoms with Crippen LogP contribution < -0.4 is 5.73 Å². The van der Waals surface area contributed by atoms with Crippen LogP contribution in [-0.2, 0) is 0 Å². The summed E-state index contributed by atoms with van der Waals surface area (Å²) in [6.07, 6.45) is 1.74. The van der Waals surface area contributed by atoms with Gasteiger partial charge in [0.1, 0.15) is 0 Å². The van der Waals surface area contributed by atoms with E-state index in [9.17, 15) is 5.11 Å². The SMILES string of the molecule is Cc1ccc(C(N)CCN2CCC(O)C(C)C2)cc1. The number of likely N-dealkylation sites (tertiary alicyclic amines) is 1. The van der Waals surface area contributed by atoms with Gasteiger partial charge in [0, 0.05) is 19.1 Å². The fourth-order valence-electron chi connectivity index (χ4n) is 2.72. The van der Waals surface area contributed by atoms with Crippen LogP contribution in [-0.4, -0.2) is 35.7 Å². The molecule has 1 aliphatic rings. The highest BCUT2D eigenvalue weighted by Gasteiger charge is 2.24. The Balaban J connectivity index is 1.80. The van der Waals surface area contributed by atoms with Crippen LogP contribution in [0.2, 0.25) is 0 Å². The van der Waals surface area contributed by atoms with Crippen molar-refractivity contribution in [1.82, 2.24) is 4.90 Å². The van der Waals surface area contributed by atoms with E-state index in [-0.39, 0.29) is 12.1 Å². The average molecular weight is 262 g/mol. The predicted octanol–water partition coefficient (Wildman–Crippen LogP) is 2.09. The summed E-state index contributed by atoms with van der Waals surface area (Å²) < 4.78 is 0. The standard InChI is InChI=1S/C16H26N2O/c1-12-3-5-14(6-4-12)15(17)7-9-18-10-8-16(19)13(2)11-18/h3-6,13,15-16,19H,7-11,17H2,1-2H3. The number of hydrogen-bond donors (Lipinski definition) is 2. The number of piperidine rings is 1. The zero-order valence-corrected chi connectivity index (χ0v) is 12.0. The maximum Gasteiger partial charge on any atom is 0.0590 e. The minimum absolute atomic E-state index is 0.114. The van der Waals surface area contributed by atoms with Gasteiger partial charge in [-0.15, -0.1) is 0 Å². The lowest BCUT2D eigenvalue weighted by molar-refractivity contribution is 0.0341. The van der Waals surface area contributed by atoms with Gasteiger partial charge >= 0.3 is 0 Å². The second-order valence-corrected chi connectivity index (χ2v) is 5.94.